The summed E-state index contributed by atoms with van der Waals surface area (Å²) in [6, 6.07) is 11.0. The number of halogens is 1. The third-order valence-electron chi connectivity index (χ3n) is 11.9. The van der Waals surface area contributed by atoms with E-state index in [0.717, 1.165) is 23.1 Å². The molecular weight excluding hydrogens is 569 g/mol. The number of benzene rings is 2. The number of ether oxygens (including phenoxy) is 2. The largest absolute Gasteiger partial charge is 0.486 e. The molecule has 4 unspecified atom stereocenters. The summed E-state index contributed by atoms with van der Waals surface area (Å²) in [5, 5.41) is 23.5. The third kappa shape index (κ3) is 4.77. The van der Waals surface area contributed by atoms with E-state index in [0.29, 0.717) is 24.8 Å². The van der Waals surface area contributed by atoms with Crippen molar-refractivity contribution >= 4 is 5.78 Å². The molecule has 2 aromatic carbocycles. The molecule has 3 saturated carbocycles. The smallest absolute Gasteiger partial charge is 0.185 e. The summed E-state index contributed by atoms with van der Waals surface area (Å²) < 4.78 is 28.3. The quantitative estimate of drug-likeness (QED) is 0.300. The third-order valence-corrected chi connectivity index (χ3v) is 11.9. The molecule has 8 atom stereocenters. The molecule has 0 amide bonds. The van der Waals surface area contributed by atoms with Crippen molar-refractivity contribution in [2.75, 3.05) is 0 Å². The van der Waals surface area contributed by atoms with Crippen LogP contribution in [0.5, 0.6) is 5.75 Å². The van der Waals surface area contributed by atoms with Gasteiger partial charge in [0.25, 0.3) is 0 Å². The van der Waals surface area contributed by atoms with E-state index in [2.05, 4.69) is 25.7 Å². The first-order valence-corrected chi connectivity index (χ1v) is 16.1. The van der Waals surface area contributed by atoms with Crippen LogP contribution in [0.3, 0.4) is 0 Å². The van der Waals surface area contributed by atoms with E-state index in [1.54, 1.807) is 19.1 Å². The lowest BCUT2D eigenvalue weighted by Gasteiger charge is -2.64. The van der Waals surface area contributed by atoms with Crippen LogP contribution in [-0.4, -0.2) is 33.2 Å². The molecule has 0 bridgehead atoms. The molecule has 7 heteroatoms. The molecule has 240 valence electrons. The Bertz CT molecular complexity index is 1610. The van der Waals surface area contributed by atoms with Crippen LogP contribution in [0.1, 0.15) is 81.4 Å². The van der Waals surface area contributed by atoms with E-state index in [1.165, 1.54) is 12.5 Å². The molecule has 45 heavy (non-hydrogen) atoms. The fourth-order valence-corrected chi connectivity index (χ4v) is 9.78. The lowest BCUT2D eigenvalue weighted by Crippen LogP contribution is -2.72. The Hall–Kier alpha value is -3.10. The highest BCUT2D eigenvalue weighted by atomic mass is 19.1. The second-order valence-electron chi connectivity index (χ2n) is 14.5. The first-order chi connectivity index (χ1) is 21.2. The van der Waals surface area contributed by atoms with Gasteiger partial charge >= 0.3 is 0 Å². The number of allylic oxidation sites excluding steroid dienone is 5. The average Bonchev–Trinajstić information content (AvgIpc) is 3.26. The van der Waals surface area contributed by atoms with Crippen LogP contribution in [0.15, 0.2) is 72.4 Å². The van der Waals surface area contributed by atoms with Crippen molar-refractivity contribution in [1.82, 2.24) is 0 Å². The highest BCUT2D eigenvalue weighted by Gasteiger charge is 2.73. The summed E-state index contributed by atoms with van der Waals surface area (Å²) in [7, 11) is 0. The summed E-state index contributed by atoms with van der Waals surface area (Å²) in [5.74, 6) is -1.42. The maximum Gasteiger partial charge on any atom is 0.185 e. The number of hydrogen-bond donors (Lipinski definition) is 3. The van der Waals surface area contributed by atoms with Gasteiger partial charge in [-0.1, -0.05) is 80.1 Å². The van der Waals surface area contributed by atoms with Gasteiger partial charge in [0, 0.05) is 22.3 Å². The molecule has 0 saturated heterocycles. The lowest BCUT2D eigenvalue weighted by molar-refractivity contribution is -0.244. The van der Waals surface area contributed by atoms with Crippen molar-refractivity contribution < 1.29 is 28.9 Å². The molecule has 2 aromatic rings. The zero-order valence-electron chi connectivity index (χ0n) is 27.0. The molecular formula is C38H46FNO5. The molecule has 4 aliphatic rings. The summed E-state index contributed by atoms with van der Waals surface area (Å²) in [6.07, 6.45) is 6.29. The number of aryl methyl sites for hydroxylation is 2. The van der Waals surface area contributed by atoms with E-state index in [9.17, 15) is 15.0 Å². The number of hydrogen-bond acceptors (Lipinski definition) is 6. The average molecular weight is 616 g/mol. The number of carbonyl (C=O) groups is 1. The Morgan fingerprint density at radius 2 is 1.96 bits per heavy atom. The molecule has 6 nitrogen and oxygen atoms in total. The Balaban J connectivity index is 1.32. The van der Waals surface area contributed by atoms with Gasteiger partial charge in [0.05, 0.1) is 11.7 Å². The molecule has 0 aliphatic heterocycles. The number of nitrogens with two attached hydrogens (primary N) is 1. The number of Topliss-reactive ketones (excluding diaryl/α,β-unsaturated/α-hetero) is 1. The number of aliphatic hydroxyl groups excluding tert-OH is 2. The number of aliphatic hydroxyl groups is 2. The van der Waals surface area contributed by atoms with Gasteiger partial charge in [-0.2, -0.15) is 0 Å². The summed E-state index contributed by atoms with van der Waals surface area (Å²) in [4.78, 5) is 13.7. The van der Waals surface area contributed by atoms with Crippen molar-refractivity contribution in [1.29, 1.82) is 0 Å². The minimum absolute atomic E-state index is 0.00786. The van der Waals surface area contributed by atoms with Gasteiger partial charge in [-0.25, -0.2) is 4.39 Å². The van der Waals surface area contributed by atoms with Crippen LogP contribution in [-0.2, 0) is 16.1 Å². The van der Waals surface area contributed by atoms with E-state index in [1.807, 2.05) is 44.2 Å². The predicted molar refractivity (Wildman–Crippen MR) is 172 cm³/mol. The van der Waals surface area contributed by atoms with E-state index in [4.69, 9.17) is 15.2 Å². The Kier molecular flexibility index (Phi) is 7.80. The Morgan fingerprint density at radius 3 is 2.67 bits per heavy atom. The highest BCUT2D eigenvalue weighted by Crippen LogP contribution is 2.69. The highest BCUT2D eigenvalue weighted by molar-refractivity contribution is 5.87. The van der Waals surface area contributed by atoms with Crippen LogP contribution >= 0.6 is 0 Å². The second-order valence-corrected chi connectivity index (χ2v) is 14.5. The minimum atomic E-state index is -1.73. The summed E-state index contributed by atoms with van der Waals surface area (Å²) in [6.45, 7) is 13.5. The van der Waals surface area contributed by atoms with Crippen LogP contribution in [0.25, 0.3) is 0 Å². The molecule has 0 radical (unpaired) electrons. The van der Waals surface area contributed by atoms with Crippen LogP contribution < -0.4 is 10.5 Å². The minimum Gasteiger partial charge on any atom is -0.486 e. The normalized spacial score (nSPS) is 36.1. The van der Waals surface area contributed by atoms with Gasteiger partial charge in [-0.3, -0.25) is 4.79 Å². The van der Waals surface area contributed by atoms with Crippen molar-refractivity contribution in [3.8, 4) is 5.75 Å². The molecule has 0 heterocycles. The van der Waals surface area contributed by atoms with Crippen molar-refractivity contribution in [3.05, 3.63) is 100 Å². The standard InChI is InChI=1S/C38H46FNO5/c1-22-8-7-9-26(18-22)21-44-29-11-10-24(3)31(32(29)39)34(43)45-38(25(4)41)17-14-30-36(38,6)20-28(42)33-35(5)15-12-23(2)19-27(35)13-16-37(30,33)40/h7-12,15,18-19,28,30,33-34,42-43H,2,13-14,16-17,20-21,40H2,1,3-6H3/t28?,30-,33-,34-,35?,36?,37?,38+/m1/s1. The van der Waals surface area contributed by atoms with Gasteiger partial charge in [-0.05, 0) is 81.6 Å². The zero-order valence-corrected chi connectivity index (χ0v) is 27.0. The predicted octanol–water partition coefficient (Wildman–Crippen LogP) is 6.70. The zero-order chi connectivity index (χ0) is 32.5. The molecule has 4 N–H and O–H groups in total. The lowest BCUT2D eigenvalue weighted by atomic mass is 9.43. The van der Waals surface area contributed by atoms with Crippen LogP contribution in [0.2, 0.25) is 0 Å². The molecule has 0 aromatic heterocycles. The summed E-state index contributed by atoms with van der Waals surface area (Å²) >= 11 is 0. The molecule has 3 fully saturated rings. The summed E-state index contributed by atoms with van der Waals surface area (Å²) in [5.41, 5.74) is 8.39. The second kappa shape index (κ2) is 11.0. The van der Waals surface area contributed by atoms with Gasteiger partial charge in [0.2, 0.25) is 0 Å². The Morgan fingerprint density at radius 1 is 1.20 bits per heavy atom. The van der Waals surface area contributed by atoms with E-state index in [-0.39, 0.29) is 42.0 Å². The SMILES string of the molecule is C=C1C=CC2(C)C(=C1)CCC1(N)[C@@H]2C(O)CC2(C)[C@H]1CC[C@]2(O[C@@H](O)c1c(C)ccc(OCc2cccc(C)c2)c1F)C(C)=O. The van der Waals surface area contributed by atoms with E-state index >= 15 is 4.39 Å². The monoisotopic (exact) mass is 615 g/mol. The first-order valence-electron chi connectivity index (χ1n) is 16.1. The van der Waals surface area contributed by atoms with Gasteiger partial charge in [-0.15, -0.1) is 0 Å². The molecule has 6 rings (SSSR count). The van der Waals surface area contributed by atoms with E-state index < -0.39 is 40.2 Å². The first kappa shape index (κ1) is 31.9. The topological polar surface area (TPSA) is 102 Å². The van der Waals surface area contributed by atoms with Crippen LogP contribution in [0.4, 0.5) is 4.39 Å². The number of ketones is 1. The maximum atomic E-state index is 16.0. The number of carbonyl (C=O) groups excluding carboxylic acids is 1. The van der Waals surface area contributed by atoms with Gasteiger partial charge in [0.1, 0.15) is 12.2 Å². The number of rotatable bonds is 7. The number of fused-ring (bicyclic) bond motifs is 5. The Labute approximate surface area is 265 Å². The fraction of sp³-hybridized carbons (Fsp3) is 0.500. The molecule has 4 aliphatic carbocycles. The maximum absolute atomic E-state index is 16.0. The molecule has 0 spiro atoms. The van der Waals surface area contributed by atoms with Crippen molar-refractivity contribution in [2.24, 2.45) is 28.4 Å². The van der Waals surface area contributed by atoms with Gasteiger partial charge in [0.15, 0.2) is 23.6 Å². The fourth-order valence-electron chi connectivity index (χ4n) is 9.78. The van der Waals surface area contributed by atoms with Gasteiger partial charge < -0.3 is 25.4 Å². The van der Waals surface area contributed by atoms with Crippen molar-refractivity contribution in [2.45, 2.75) is 96.9 Å². The van der Waals surface area contributed by atoms with Crippen molar-refractivity contribution in [3.63, 3.8) is 0 Å². The van der Waals surface area contributed by atoms with Crippen LogP contribution in [0, 0.1) is 42.3 Å².